The summed E-state index contributed by atoms with van der Waals surface area (Å²) in [7, 11) is 7.65. The summed E-state index contributed by atoms with van der Waals surface area (Å²) in [4.78, 5) is 6.53. The molecule has 27 heavy (non-hydrogen) atoms. The molecule has 0 radical (unpaired) electrons. The first-order chi connectivity index (χ1) is 12.5. The Labute approximate surface area is 180 Å². The highest BCUT2D eigenvalue weighted by Gasteiger charge is 2.15. The first-order valence-corrected chi connectivity index (χ1v) is 8.84. The Morgan fingerprint density at radius 1 is 1.11 bits per heavy atom. The number of nitrogens with one attached hydrogen (secondary N) is 2. The lowest BCUT2D eigenvalue weighted by Gasteiger charge is -2.26. The van der Waals surface area contributed by atoms with Gasteiger partial charge in [-0.25, -0.2) is 0 Å². The van der Waals surface area contributed by atoms with Gasteiger partial charge in [0.05, 0.1) is 13.2 Å². The van der Waals surface area contributed by atoms with Crippen molar-refractivity contribution in [3.05, 3.63) is 65.2 Å². The Kier molecular flexibility index (Phi) is 10.2. The third kappa shape index (κ3) is 7.03. The van der Waals surface area contributed by atoms with Crippen LogP contribution in [0.5, 0.6) is 5.75 Å². The number of aliphatic imine (C=N–C) groups is 1. The smallest absolute Gasteiger partial charge is 0.191 e. The lowest BCUT2D eigenvalue weighted by atomic mass is 10.1. The van der Waals surface area contributed by atoms with Crippen LogP contribution in [0.15, 0.2) is 53.5 Å². The van der Waals surface area contributed by atoms with E-state index in [1.807, 2.05) is 12.1 Å². The van der Waals surface area contributed by atoms with E-state index in [9.17, 15) is 0 Å². The fourth-order valence-corrected chi connectivity index (χ4v) is 2.85. The second-order valence-electron chi connectivity index (χ2n) is 6.49. The Balaban J connectivity index is 0.00000364. The van der Waals surface area contributed by atoms with Crippen LogP contribution in [0.2, 0.25) is 0 Å². The molecule has 5 nitrogen and oxygen atoms in total. The van der Waals surface area contributed by atoms with Crippen molar-refractivity contribution >= 4 is 29.9 Å². The van der Waals surface area contributed by atoms with Crippen LogP contribution in [-0.4, -0.2) is 45.7 Å². The van der Waals surface area contributed by atoms with E-state index in [0.29, 0.717) is 0 Å². The van der Waals surface area contributed by atoms with Crippen molar-refractivity contribution in [2.75, 3.05) is 34.8 Å². The molecule has 0 saturated heterocycles. The molecule has 2 aromatic carbocycles. The van der Waals surface area contributed by atoms with E-state index in [-0.39, 0.29) is 30.0 Å². The molecule has 0 aromatic heterocycles. The van der Waals surface area contributed by atoms with Crippen molar-refractivity contribution in [3.63, 3.8) is 0 Å². The number of halogens is 1. The van der Waals surface area contributed by atoms with Crippen LogP contribution >= 0.6 is 24.0 Å². The van der Waals surface area contributed by atoms with Crippen LogP contribution in [0.4, 0.5) is 0 Å². The second kappa shape index (κ2) is 11.8. The molecule has 0 aliphatic rings. The lowest BCUT2D eigenvalue weighted by molar-refractivity contribution is 0.297. The maximum atomic E-state index is 5.36. The molecule has 148 valence electrons. The lowest BCUT2D eigenvalue weighted by Crippen LogP contribution is -2.41. The molecule has 1 atom stereocenters. The van der Waals surface area contributed by atoms with Gasteiger partial charge >= 0.3 is 0 Å². The van der Waals surface area contributed by atoms with E-state index in [1.54, 1.807) is 14.2 Å². The van der Waals surface area contributed by atoms with Gasteiger partial charge in [-0.3, -0.25) is 4.99 Å². The average molecular weight is 482 g/mol. The zero-order valence-corrected chi connectivity index (χ0v) is 19.2. The van der Waals surface area contributed by atoms with Gasteiger partial charge in [0.1, 0.15) is 5.75 Å². The molecule has 0 fully saturated rings. The van der Waals surface area contributed by atoms with Gasteiger partial charge in [-0.2, -0.15) is 0 Å². The number of ether oxygens (including phenoxy) is 1. The topological polar surface area (TPSA) is 48.9 Å². The minimum atomic E-state index is 0. The predicted molar refractivity (Wildman–Crippen MR) is 124 cm³/mol. The summed E-state index contributed by atoms with van der Waals surface area (Å²) >= 11 is 0. The normalized spacial score (nSPS) is 12.3. The van der Waals surface area contributed by atoms with E-state index in [2.05, 4.69) is 77.9 Å². The summed E-state index contributed by atoms with van der Waals surface area (Å²) in [6.07, 6.45) is 0. The van der Waals surface area contributed by atoms with E-state index in [4.69, 9.17) is 4.74 Å². The molecule has 2 N–H and O–H groups in total. The molecule has 0 amide bonds. The number of hydrogen-bond acceptors (Lipinski definition) is 3. The number of benzene rings is 2. The number of hydrogen-bond donors (Lipinski definition) is 2. The van der Waals surface area contributed by atoms with Gasteiger partial charge in [0.2, 0.25) is 0 Å². The highest BCUT2D eigenvalue weighted by Crippen LogP contribution is 2.22. The van der Waals surface area contributed by atoms with Crippen LogP contribution in [0.3, 0.4) is 0 Å². The highest BCUT2D eigenvalue weighted by molar-refractivity contribution is 14.0. The molecular weight excluding hydrogens is 451 g/mol. The number of guanidine groups is 1. The Morgan fingerprint density at radius 3 is 2.48 bits per heavy atom. The van der Waals surface area contributed by atoms with Gasteiger partial charge < -0.3 is 20.3 Å². The van der Waals surface area contributed by atoms with E-state index >= 15 is 0 Å². The molecule has 2 rings (SSSR count). The van der Waals surface area contributed by atoms with Crippen LogP contribution in [0, 0.1) is 6.92 Å². The summed E-state index contributed by atoms with van der Waals surface area (Å²) < 4.78 is 5.36. The molecule has 0 saturated carbocycles. The molecule has 1 unspecified atom stereocenters. The Bertz CT molecular complexity index is 734. The van der Waals surface area contributed by atoms with Crippen molar-refractivity contribution in [2.24, 2.45) is 4.99 Å². The fraction of sp³-hybridized carbons (Fsp3) is 0.381. The van der Waals surface area contributed by atoms with Crippen molar-refractivity contribution in [1.29, 1.82) is 0 Å². The van der Waals surface area contributed by atoms with E-state index in [0.717, 1.165) is 24.8 Å². The second-order valence-corrected chi connectivity index (χ2v) is 6.49. The SMILES string of the molecule is CN=C(NCc1ccccc1C)NCC(c1cccc(OC)c1)N(C)C.I. The molecule has 2 aromatic rings. The molecule has 0 bridgehead atoms. The van der Waals surface area contributed by atoms with Crippen LogP contribution < -0.4 is 15.4 Å². The Morgan fingerprint density at radius 2 is 1.85 bits per heavy atom. The van der Waals surface area contributed by atoms with Crippen molar-refractivity contribution in [3.8, 4) is 5.75 Å². The maximum absolute atomic E-state index is 5.36. The van der Waals surface area contributed by atoms with Crippen LogP contribution in [-0.2, 0) is 6.54 Å². The first kappa shape index (κ1) is 23.2. The molecule has 0 spiro atoms. The monoisotopic (exact) mass is 482 g/mol. The molecular formula is C21H31IN4O. The summed E-state index contributed by atoms with van der Waals surface area (Å²) in [6.45, 7) is 3.61. The molecule has 0 heterocycles. The van der Waals surface area contributed by atoms with Gasteiger partial charge in [0, 0.05) is 20.1 Å². The zero-order chi connectivity index (χ0) is 18.9. The van der Waals surface area contributed by atoms with Gasteiger partial charge in [0.25, 0.3) is 0 Å². The predicted octanol–water partition coefficient (Wildman–Crippen LogP) is 3.59. The molecule has 0 aliphatic carbocycles. The maximum Gasteiger partial charge on any atom is 0.191 e. The van der Waals surface area contributed by atoms with Crippen LogP contribution in [0.1, 0.15) is 22.7 Å². The summed E-state index contributed by atoms with van der Waals surface area (Å²) in [6, 6.07) is 16.8. The standard InChI is InChI=1S/C21H30N4O.HI/c1-16-9-6-7-10-18(16)14-23-21(22-2)24-15-20(25(3)4)17-11-8-12-19(13-17)26-5;/h6-13,20H,14-15H2,1-5H3,(H2,22,23,24);1H. The summed E-state index contributed by atoms with van der Waals surface area (Å²) in [5.41, 5.74) is 3.75. The molecule has 6 heteroatoms. The highest BCUT2D eigenvalue weighted by atomic mass is 127. The fourth-order valence-electron chi connectivity index (χ4n) is 2.85. The zero-order valence-electron chi connectivity index (χ0n) is 16.8. The third-order valence-electron chi connectivity index (χ3n) is 4.50. The van der Waals surface area contributed by atoms with E-state index in [1.165, 1.54) is 16.7 Å². The number of likely N-dealkylation sites (N-methyl/N-ethyl adjacent to an activating group) is 1. The molecule has 0 aliphatic heterocycles. The number of aryl methyl sites for hydroxylation is 1. The first-order valence-electron chi connectivity index (χ1n) is 8.84. The van der Waals surface area contributed by atoms with Crippen molar-refractivity contribution in [1.82, 2.24) is 15.5 Å². The minimum Gasteiger partial charge on any atom is -0.497 e. The van der Waals surface area contributed by atoms with Crippen molar-refractivity contribution < 1.29 is 4.74 Å². The van der Waals surface area contributed by atoms with Crippen LogP contribution in [0.25, 0.3) is 0 Å². The minimum absolute atomic E-state index is 0. The van der Waals surface area contributed by atoms with Gasteiger partial charge in [-0.1, -0.05) is 36.4 Å². The van der Waals surface area contributed by atoms with Crippen molar-refractivity contribution in [2.45, 2.75) is 19.5 Å². The largest absolute Gasteiger partial charge is 0.497 e. The number of rotatable bonds is 7. The van der Waals surface area contributed by atoms with Gasteiger partial charge in [-0.05, 0) is 49.8 Å². The number of methoxy groups -OCH3 is 1. The van der Waals surface area contributed by atoms with Gasteiger partial charge in [-0.15, -0.1) is 24.0 Å². The number of nitrogens with zero attached hydrogens (tertiary/aromatic N) is 2. The Hall–Kier alpha value is -1.80. The average Bonchev–Trinajstić information content (AvgIpc) is 2.65. The quantitative estimate of drug-likeness (QED) is 0.360. The van der Waals surface area contributed by atoms with Gasteiger partial charge in [0.15, 0.2) is 5.96 Å². The summed E-state index contributed by atoms with van der Waals surface area (Å²) in [5.74, 6) is 1.67. The summed E-state index contributed by atoms with van der Waals surface area (Å²) in [5, 5.41) is 6.82. The third-order valence-corrected chi connectivity index (χ3v) is 4.50. The van der Waals surface area contributed by atoms with E-state index < -0.39 is 0 Å².